The van der Waals surface area contributed by atoms with E-state index in [2.05, 4.69) is 0 Å². The minimum absolute atomic E-state index is 0.208. The number of rotatable bonds is 5. The van der Waals surface area contributed by atoms with Crippen LogP contribution in [0, 0.1) is 0 Å². The highest BCUT2D eigenvalue weighted by Crippen LogP contribution is 2.14. The maximum atomic E-state index is 10.3. The molecule has 0 atom stereocenters. The van der Waals surface area contributed by atoms with Crippen LogP contribution in [-0.2, 0) is 4.79 Å². The Balaban J connectivity index is 2.43. The molecule has 0 unspecified atom stereocenters. The summed E-state index contributed by atoms with van der Waals surface area (Å²) in [5.41, 5.74) is 7.35. The Morgan fingerprint density at radius 3 is 2.53 bits per heavy atom. The first-order valence-electron chi connectivity index (χ1n) is 4.88. The third-order valence-corrected chi connectivity index (χ3v) is 2.22. The van der Waals surface area contributed by atoms with Crippen molar-refractivity contribution in [2.45, 2.75) is 12.8 Å². The van der Waals surface area contributed by atoms with Crippen LogP contribution >= 0.6 is 0 Å². The molecule has 0 bridgehead atoms. The summed E-state index contributed by atoms with van der Waals surface area (Å²) in [6.07, 6.45) is 0.857. The van der Waals surface area contributed by atoms with Crippen molar-refractivity contribution >= 4 is 17.3 Å². The van der Waals surface area contributed by atoms with Gasteiger partial charge >= 0.3 is 5.97 Å². The molecule has 0 saturated heterocycles. The van der Waals surface area contributed by atoms with E-state index in [0.717, 1.165) is 17.9 Å². The topological polar surface area (TPSA) is 66.6 Å². The maximum absolute atomic E-state index is 10.3. The van der Waals surface area contributed by atoms with Gasteiger partial charge in [0.05, 0.1) is 0 Å². The highest BCUT2D eigenvalue weighted by atomic mass is 16.4. The van der Waals surface area contributed by atoms with Crippen molar-refractivity contribution in [1.82, 2.24) is 0 Å². The van der Waals surface area contributed by atoms with Gasteiger partial charge in [0.15, 0.2) is 0 Å². The lowest BCUT2D eigenvalue weighted by Crippen LogP contribution is -2.19. The average Bonchev–Trinajstić information content (AvgIpc) is 2.18. The quantitative estimate of drug-likeness (QED) is 0.721. The summed E-state index contributed by atoms with van der Waals surface area (Å²) in [7, 11) is 1.94. The van der Waals surface area contributed by atoms with Crippen LogP contribution in [0.4, 0.5) is 11.4 Å². The Hall–Kier alpha value is -1.71. The van der Waals surface area contributed by atoms with Crippen molar-refractivity contribution in [3.05, 3.63) is 24.3 Å². The van der Waals surface area contributed by atoms with E-state index in [0.29, 0.717) is 6.42 Å². The van der Waals surface area contributed by atoms with Gasteiger partial charge in [-0.15, -0.1) is 0 Å². The standard InChI is InChI=1S/C11H16N2O2/c1-13(8-2-3-11(14)15)10-6-4-9(12)5-7-10/h4-7H,2-3,8,12H2,1H3,(H,14,15). The molecule has 4 nitrogen and oxygen atoms in total. The molecule has 0 aliphatic rings. The Kier molecular flexibility index (Phi) is 3.97. The van der Waals surface area contributed by atoms with Gasteiger partial charge < -0.3 is 15.7 Å². The lowest BCUT2D eigenvalue weighted by atomic mass is 10.2. The Labute approximate surface area is 89.3 Å². The summed E-state index contributed by atoms with van der Waals surface area (Å²) in [6, 6.07) is 7.53. The second-order valence-corrected chi connectivity index (χ2v) is 3.51. The van der Waals surface area contributed by atoms with Crippen molar-refractivity contribution < 1.29 is 9.90 Å². The normalized spacial score (nSPS) is 9.93. The van der Waals surface area contributed by atoms with Crippen LogP contribution in [0.5, 0.6) is 0 Å². The molecule has 82 valence electrons. The maximum Gasteiger partial charge on any atom is 0.303 e. The summed E-state index contributed by atoms with van der Waals surface area (Å²) in [5.74, 6) is -0.749. The Morgan fingerprint density at radius 1 is 1.40 bits per heavy atom. The van der Waals surface area contributed by atoms with Gasteiger partial charge in [0, 0.05) is 31.4 Å². The molecule has 0 spiro atoms. The number of carboxylic acids is 1. The van der Waals surface area contributed by atoms with Crippen molar-refractivity contribution in [1.29, 1.82) is 0 Å². The van der Waals surface area contributed by atoms with Gasteiger partial charge in [-0.1, -0.05) is 0 Å². The van der Waals surface area contributed by atoms with E-state index in [1.54, 1.807) is 0 Å². The van der Waals surface area contributed by atoms with Gasteiger partial charge in [0.25, 0.3) is 0 Å². The lowest BCUT2D eigenvalue weighted by Gasteiger charge is -2.18. The molecule has 4 heteroatoms. The molecule has 1 aromatic rings. The summed E-state index contributed by atoms with van der Waals surface area (Å²) < 4.78 is 0. The number of aliphatic carboxylic acids is 1. The number of benzene rings is 1. The van der Waals surface area contributed by atoms with E-state index in [1.165, 1.54) is 0 Å². The first-order valence-corrected chi connectivity index (χ1v) is 4.88. The van der Waals surface area contributed by atoms with Gasteiger partial charge in [-0.3, -0.25) is 4.79 Å². The highest BCUT2D eigenvalue weighted by molar-refractivity contribution is 5.66. The first-order chi connectivity index (χ1) is 7.09. The average molecular weight is 208 g/mol. The largest absolute Gasteiger partial charge is 0.481 e. The molecule has 0 fully saturated rings. The fourth-order valence-corrected chi connectivity index (χ4v) is 1.33. The van der Waals surface area contributed by atoms with E-state index in [4.69, 9.17) is 10.8 Å². The van der Waals surface area contributed by atoms with E-state index < -0.39 is 5.97 Å². The van der Waals surface area contributed by atoms with E-state index in [1.807, 2.05) is 36.2 Å². The Bertz CT molecular complexity index is 322. The molecule has 0 saturated carbocycles. The Morgan fingerprint density at radius 2 is 2.00 bits per heavy atom. The van der Waals surface area contributed by atoms with Crippen LogP contribution in [0.1, 0.15) is 12.8 Å². The zero-order valence-corrected chi connectivity index (χ0v) is 8.81. The minimum atomic E-state index is -0.749. The molecule has 1 rings (SSSR count). The predicted octanol–water partition coefficient (Wildman–Crippen LogP) is 1.57. The molecule has 0 amide bonds. The van der Waals surface area contributed by atoms with Crippen molar-refractivity contribution in [2.75, 3.05) is 24.2 Å². The van der Waals surface area contributed by atoms with E-state index in [9.17, 15) is 4.79 Å². The summed E-state index contributed by atoms with van der Waals surface area (Å²) in [6.45, 7) is 0.732. The van der Waals surface area contributed by atoms with Crippen molar-refractivity contribution in [3.8, 4) is 0 Å². The number of nitrogens with zero attached hydrogens (tertiary/aromatic N) is 1. The highest BCUT2D eigenvalue weighted by Gasteiger charge is 2.02. The van der Waals surface area contributed by atoms with Crippen LogP contribution in [0.3, 0.4) is 0 Å². The zero-order valence-electron chi connectivity index (χ0n) is 8.81. The van der Waals surface area contributed by atoms with Crippen LogP contribution in [-0.4, -0.2) is 24.7 Å². The minimum Gasteiger partial charge on any atom is -0.481 e. The number of nitrogens with two attached hydrogens (primary N) is 1. The molecule has 0 aromatic heterocycles. The number of anilines is 2. The van der Waals surface area contributed by atoms with Gasteiger partial charge in [-0.2, -0.15) is 0 Å². The number of hydrogen-bond acceptors (Lipinski definition) is 3. The van der Waals surface area contributed by atoms with Gasteiger partial charge in [-0.05, 0) is 30.7 Å². The third-order valence-electron chi connectivity index (χ3n) is 2.22. The predicted molar refractivity (Wildman–Crippen MR) is 61.0 cm³/mol. The molecule has 0 heterocycles. The van der Waals surface area contributed by atoms with Crippen molar-refractivity contribution in [3.63, 3.8) is 0 Å². The van der Waals surface area contributed by atoms with Crippen LogP contribution in [0.15, 0.2) is 24.3 Å². The zero-order chi connectivity index (χ0) is 11.3. The first kappa shape index (κ1) is 11.4. The molecule has 0 radical (unpaired) electrons. The smallest absolute Gasteiger partial charge is 0.303 e. The van der Waals surface area contributed by atoms with Gasteiger partial charge in [-0.25, -0.2) is 0 Å². The van der Waals surface area contributed by atoms with E-state index >= 15 is 0 Å². The van der Waals surface area contributed by atoms with Crippen LogP contribution in [0.25, 0.3) is 0 Å². The monoisotopic (exact) mass is 208 g/mol. The molecule has 0 aliphatic heterocycles. The second-order valence-electron chi connectivity index (χ2n) is 3.51. The fourth-order valence-electron chi connectivity index (χ4n) is 1.33. The molecular formula is C11H16N2O2. The number of hydrogen-bond donors (Lipinski definition) is 2. The molecular weight excluding hydrogens is 192 g/mol. The SMILES string of the molecule is CN(CCCC(=O)O)c1ccc(N)cc1. The molecule has 0 aliphatic carbocycles. The number of carboxylic acid groups (broad SMARTS) is 1. The number of nitrogen functional groups attached to an aromatic ring is 1. The van der Waals surface area contributed by atoms with E-state index in [-0.39, 0.29) is 6.42 Å². The van der Waals surface area contributed by atoms with Crippen molar-refractivity contribution in [2.24, 2.45) is 0 Å². The van der Waals surface area contributed by atoms with Gasteiger partial charge in [0.1, 0.15) is 0 Å². The van der Waals surface area contributed by atoms with Crippen LogP contribution < -0.4 is 10.6 Å². The second kappa shape index (κ2) is 5.24. The summed E-state index contributed by atoms with van der Waals surface area (Å²) >= 11 is 0. The number of carbonyl (C=O) groups is 1. The summed E-state index contributed by atoms with van der Waals surface area (Å²) in [5, 5.41) is 8.50. The van der Waals surface area contributed by atoms with Gasteiger partial charge in [0.2, 0.25) is 0 Å². The molecule has 15 heavy (non-hydrogen) atoms. The molecule has 3 N–H and O–H groups in total. The summed E-state index contributed by atoms with van der Waals surface area (Å²) in [4.78, 5) is 12.3. The lowest BCUT2D eigenvalue weighted by molar-refractivity contribution is -0.137. The van der Waals surface area contributed by atoms with Crippen LogP contribution in [0.2, 0.25) is 0 Å². The molecule has 1 aromatic carbocycles. The fraction of sp³-hybridized carbons (Fsp3) is 0.364. The third kappa shape index (κ3) is 3.89.